The molecule has 5 aromatic rings. The van der Waals surface area contributed by atoms with Gasteiger partial charge in [-0.3, -0.25) is 4.79 Å². The maximum absolute atomic E-state index is 13.2. The monoisotopic (exact) mass is 452 g/mol. The third-order valence-corrected chi connectivity index (χ3v) is 6.69. The maximum atomic E-state index is 13.2. The van der Waals surface area contributed by atoms with E-state index in [0.29, 0.717) is 17.7 Å². The first-order valence-corrected chi connectivity index (χ1v) is 11.4. The Morgan fingerprint density at radius 3 is 2.71 bits per heavy atom. The van der Waals surface area contributed by atoms with Crippen molar-refractivity contribution < 1.29 is 4.79 Å². The highest BCUT2D eigenvalue weighted by molar-refractivity contribution is 5.94. The fourth-order valence-corrected chi connectivity index (χ4v) is 4.69. The summed E-state index contributed by atoms with van der Waals surface area (Å²) in [6, 6.07) is 16.1. The second-order valence-corrected chi connectivity index (χ2v) is 8.87. The van der Waals surface area contributed by atoms with E-state index in [1.807, 2.05) is 30.3 Å². The highest BCUT2D eigenvalue weighted by Gasteiger charge is 2.24. The van der Waals surface area contributed by atoms with Gasteiger partial charge in [0.25, 0.3) is 0 Å². The minimum Gasteiger partial charge on any atom is -0.311 e. The second-order valence-electron chi connectivity index (χ2n) is 8.87. The number of amides is 1. The second kappa shape index (κ2) is 7.69. The van der Waals surface area contributed by atoms with Crippen molar-refractivity contribution in [3.05, 3.63) is 88.1 Å². The van der Waals surface area contributed by atoms with Crippen LogP contribution in [0.5, 0.6) is 0 Å². The number of fused-ring (bicyclic) bond motifs is 4. The van der Waals surface area contributed by atoms with Crippen LogP contribution in [0.3, 0.4) is 0 Å². The van der Waals surface area contributed by atoms with Gasteiger partial charge in [0.15, 0.2) is 5.65 Å². The molecule has 2 aromatic carbocycles. The Kier molecular flexibility index (Phi) is 4.62. The van der Waals surface area contributed by atoms with E-state index in [9.17, 15) is 9.59 Å². The number of aromatic nitrogens is 5. The minimum absolute atomic E-state index is 0.112. The topological polar surface area (TPSA) is 76.9 Å². The summed E-state index contributed by atoms with van der Waals surface area (Å²) in [7, 11) is 0. The zero-order valence-electron chi connectivity index (χ0n) is 19.1. The van der Waals surface area contributed by atoms with Crippen molar-refractivity contribution >= 4 is 22.8 Å². The first kappa shape index (κ1) is 20.4. The molecule has 0 aliphatic carbocycles. The average molecular weight is 453 g/mol. The van der Waals surface area contributed by atoms with Gasteiger partial charge in [-0.1, -0.05) is 30.3 Å². The number of carbonyl (C=O) groups is 1. The van der Waals surface area contributed by atoms with Crippen molar-refractivity contribution in [3.8, 4) is 11.3 Å². The highest BCUT2D eigenvalue weighted by atomic mass is 16.2. The zero-order chi connectivity index (χ0) is 23.4. The first-order valence-electron chi connectivity index (χ1n) is 11.4. The third-order valence-electron chi connectivity index (χ3n) is 6.69. The van der Waals surface area contributed by atoms with Gasteiger partial charge in [-0.2, -0.15) is 5.10 Å². The Morgan fingerprint density at radius 1 is 1.00 bits per heavy atom. The minimum atomic E-state index is -0.343. The molecule has 0 saturated carbocycles. The van der Waals surface area contributed by atoms with Gasteiger partial charge in [0.1, 0.15) is 12.1 Å². The molecule has 6 rings (SSSR count). The van der Waals surface area contributed by atoms with Crippen LogP contribution >= 0.6 is 0 Å². The number of para-hydroxylation sites is 1. The van der Waals surface area contributed by atoms with E-state index >= 15 is 0 Å². The molecular weight excluding hydrogens is 428 g/mol. The van der Waals surface area contributed by atoms with Gasteiger partial charge in [0.05, 0.1) is 5.69 Å². The number of aryl methyl sites for hydroxylation is 3. The molecule has 0 spiro atoms. The van der Waals surface area contributed by atoms with Gasteiger partial charge in [-0.25, -0.2) is 18.4 Å². The van der Waals surface area contributed by atoms with Crippen LogP contribution < -0.4 is 10.6 Å². The third kappa shape index (κ3) is 3.22. The van der Waals surface area contributed by atoms with E-state index in [0.717, 1.165) is 35.3 Å². The summed E-state index contributed by atoms with van der Waals surface area (Å²) in [6.07, 6.45) is 5.24. The molecule has 1 aliphatic heterocycles. The molecule has 0 bridgehead atoms. The lowest BCUT2D eigenvalue weighted by Crippen LogP contribution is -2.39. The van der Waals surface area contributed by atoms with Crippen molar-refractivity contribution in [2.45, 2.75) is 33.2 Å². The van der Waals surface area contributed by atoms with Crippen LogP contribution in [0.4, 0.5) is 5.69 Å². The van der Waals surface area contributed by atoms with Crippen LogP contribution in [0, 0.1) is 13.8 Å². The van der Waals surface area contributed by atoms with E-state index in [-0.39, 0.29) is 18.1 Å². The molecule has 34 heavy (non-hydrogen) atoms. The molecule has 1 aliphatic rings. The van der Waals surface area contributed by atoms with Crippen molar-refractivity contribution in [2.75, 3.05) is 11.4 Å². The van der Waals surface area contributed by atoms with Crippen LogP contribution in [0.25, 0.3) is 22.4 Å². The summed E-state index contributed by atoms with van der Waals surface area (Å²) in [5.74, 6) is -0.141. The molecule has 3 aromatic heterocycles. The van der Waals surface area contributed by atoms with Gasteiger partial charge < -0.3 is 4.90 Å². The lowest BCUT2D eigenvalue weighted by atomic mass is 10.0. The lowest BCUT2D eigenvalue weighted by Gasteiger charge is -2.29. The van der Waals surface area contributed by atoms with Crippen molar-refractivity contribution in [2.24, 2.45) is 0 Å². The van der Waals surface area contributed by atoms with E-state index in [2.05, 4.69) is 42.2 Å². The average Bonchev–Trinajstić information content (AvgIpc) is 3.42. The quantitative estimate of drug-likeness (QED) is 0.420. The van der Waals surface area contributed by atoms with Gasteiger partial charge in [-0.15, -0.1) is 5.10 Å². The van der Waals surface area contributed by atoms with Gasteiger partial charge in [0, 0.05) is 30.2 Å². The molecule has 0 unspecified atom stereocenters. The summed E-state index contributed by atoms with van der Waals surface area (Å²) in [5, 5.41) is 9.21. The van der Waals surface area contributed by atoms with Crippen LogP contribution in [0.15, 0.2) is 65.7 Å². The lowest BCUT2D eigenvalue weighted by molar-refractivity contribution is -0.119. The van der Waals surface area contributed by atoms with Gasteiger partial charge in [-0.05, 0) is 61.6 Å². The van der Waals surface area contributed by atoms with Crippen molar-refractivity contribution in [1.82, 2.24) is 23.8 Å². The zero-order valence-corrected chi connectivity index (χ0v) is 19.1. The van der Waals surface area contributed by atoms with Crippen LogP contribution in [-0.4, -0.2) is 36.2 Å². The first-order chi connectivity index (χ1) is 16.5. The standard InChI is InChI=1S/C26H24N6O2/c1-17-9-10-20(14-18(17)2)21-15-23-25-28-32(26(34)30(25)12-13-31(23)27-21)16-24(33)29-11-5-7-19-6-3-4-8-22(19)29/h3-4,6,8-10,12-15H,5,7,11,16H2,1-2H3. The molecule has 8 nitrogen and oxygen atoms in total. The van der Waals surface area contributed by atoms with Crippen LogP contribution in [-0.2, 0) is 17.8 Å². The number of carbonyl (C=O) groups excluding carboxylic acids is 1. The number of benzene rings is 2. The molecule has 170 valence electrons. The SMILES string of the molecule is Cc1ccc(-c2cc3c4nn(CC(=O)N5CCCc6ccccc65)c(=O)n4ccn3n2)cc1C. The van der Waals surface area contributed by atoms with Crippen LogP contribution in [0.2, 0.25) is 0 Å². The summed E-state index contributed by atoms with van der Waals surface area (Å²) < 4.78 is 4.44. The largest absolute Gasteiger partial charge is 0.350 e. The molecule has 0 fully saturated rings. The van der Waals surface area contributed by atoms with Crippen molar-refractivity contribution in [1.29, 1.82) is 0 Å². The summed E-state index contributed by atoms with van der Waals surface area (Å²) in [6.45, 7) is 4.68. The molecular formula is C26H24N6O2. The Balaban J connectivity index is 1.38. The normalized spacial score (nSPS) is 13.5. The number of nitrogens with zero attached hydrogens (tertiary/aromatic N) is 6. The number of hydrogen-bond acceptors (Lipinski definition) is 4. The number of hydrogen-bond donors (Lipinski definition) is 0. The Labute approximate surface area is 195 Å². The van der Waals surface area contributed by atoms with E-state index in [4.69, 9.17) is 0 Å². The Hall–Kier alpha value is -4.20. The molecule has 0 saturated heterocycles. The molecule has 0 radical (unpaired) electrons. The molecule has 1 amide bonds. The fraction of sp³-hybridized carbons (Fsp3) is 0.231. The highest BCUT2D eigenvalue weighted by Crippen LogP contribution is 2.27. The summed E-state index contributed by atoms with van der Waals surface area (Å²) in [4.78, 5) is 28.0. The predicted octanol–water partition coefficient (Wildman–Crippen LogP) is 3.41. The Morgan fingerprint density at radius 2 is 1.85 bits per heavy atom. The summed E-state index contributed by atoms with van der Waals surface area (Å²) in [5.41, 5.74) is 7.15. The molecule has 0 N–H and O–H groups in total. The van der Waals surface area contributed by atoms with Gasteiger partial charge in [0.2, 0.25) is 5.91 Å². The Bertz CT molecular complexity index is 1640. The predicted molar refractivity (Wildman–Crippen MR) is 130 cm³/mol. The fourth-order valence-electron chi connectivity index (χ4n) is 4.69. The van der Waals surface area contributed by atoms with Crippen molar-refractivity contribution in [3.63, 3.8) is 0 Å². The van der Waals surface area contributed by atoms with E-state index < -0.39 is 0 Å². The molecule has 4 heterocycles. The van der Waals surface area contributed by atoms with Crippen LogP contribution in [0.1, 0.15) is 23.1 Å². The van der Waals surface area contributed by atoms with E-state index in [1.165, 1.54) is 20.2 Å². The molecule has 0 atom stereocenters. The maximum Gasteiger partial charge on any atom is 0.350 e. The van der Waals surface area contributed by atoms with Gasteiger partial charge >= 0.3 is 5.69 Å². The van der Waals surface area contributed by atoms with E-state index in [1.54, 1.807) is 21.8 Å². The molecule has 8 heteroatoms. The number of anilines is 1. The smallest absolute Gasteiger partial charge is 0.311 e. The summed E-state index contributed by atoms with van der Waals surface area (Å²) >= 11 is 0. The number of rotatable bonds is 3.